The predicted molar refractivity (Wildman–Crippen MR) is 83.3 cm³/mol. The molecule has 0 spiro atoms. The zero-order chi connectivity index (χ0) is 14.7. The molecule has 1 N–H and O–H groups in total. The molecule has 2 aliphatic rings. The normalized spacial score (nSPS) is 26.8. The van der Waals surface area contributed by atoms with Crippen LogP contribution in [0, 0.1) is 11.3 Å². The van der Waals surface area contributed by atoms with E-state index in [9.17, 15) is 4.79 Å². The Kier molecular flexibility index (Phi) is 4.18. The van der Waals surface area contributed by atoms with Crippen molar-refractivity contribution in [3.63, 3.8) is 0 Å². The molecule has 0 radical (unpaired) electrons. The first-order chi connectivity index (χ1) is 10.2. The fourth-order valence-electron chi connectivity index (χ4n) is 4.10. The fourth-order valence-corrected chi connectivity index (χ4v) is 4.10. The largest absolute Gasteiger partial charge is 0.497 e. The van der Waals surface area contributed by atoms with Crippen molar-refractivity contribution in [2.24, 2.45) is 11.3 Å². The average Bonchev–Trinajstić information content (AvgIpc) is 3.08. The molecule has 0 aliphatic heterocycles. The van der Waals surface area contributed by atoms with Crippen LogP contribution >= 0.6 is 0 Å². The molecule has 2 fully saturated rings. The number of carbonyl (C=O) groups excluding carboxylic acids is 1. The Morgan fingerprint density at radius 2 is 2.00 bits per heavy atom. The van der Waals surface area contributed by atoms with Crippen molar-refractivity contribution in [1.82, 2.24) is 5.32 Å². The van der Waals surface area contributed by atoms with Gasteiger partial charge in [-0.1, -0.05) is 12.1 Å². The number of fused-ring (bicyclic) bond motifs is 2. The molecule has 3 heteroatoms. The number of hydrogen-bond acceptors (Lipinski definition) is 2. The van der Waals surface area contributed by atoms with Crippen molar-refractivity contribution in [1.29, 1.82) is 0 Å². The van der Waals surface area contributed by atoms with E-state index < -0.39 is 0 Å². The summed E-state index contributed by atoms with van der Waals surface area (Å²) in [5, 5.41) is 3.09. The third-order valence-electron chi connectivity index (χ3n) is 5.32. The van der Waals surface area contributed by atoms with Gasteiger partial charge >= 0.3 is 0 Å². The Hall–Kier alpha value is -1.51. The summed E-state index contributed by atoms with van der Waals surface area (Å²) >= 11 is 0. The number of benzene rings is 1. The van der Waals surface area contributed by atoms with E-state index in [1.165, 1.54) is 37.7 Å². The minimum atomic E-state index is 0.242. The molecule has 2 aliphatic carbocycles. The number of carbonyl (C=O) groups is 1. The minimum absolute atomic E-state index is 0.242. The summed E-state index contributed by atoms with van der Waals surface area (Å²) in [5.41, 5.74) is 1.59. The first kappa shape index (κ1) is 14.4. The van der Waals surface area contributed by atoms with Crippen LogP contribution < -0.4 is 10.1 Å². The van der Waals surface area contributed by atoms with Crippen molar-refractivity contribution in [2.45, 2.75) is 44.9 Å². The molecule has 0 unspecified atom stereocenters. The number of amides is 1. The Morgan fingerprint density at radius 3 is 2.57 bits per heavy atom. The van der Waals surface area contributed by atoms with Gasteiger partial charge in [0.25, 0.3) is 0 Å². The highest BCUT2D eigenvalue weighted by molar-refractivity contribution is 5.76. The lowest BCUT2D eigenvalue weighted by molar-refractivity contribution is -0.123. The molecule has 0 atom stereocenters. The highest BCUT2D eigenvalue weighted by atomic mass is 16.5. The van der Waals surface area contributed by atoms with Gasteiger partial charge in [0.2, 0.25) is 5.91 Å². The molecule has 1 aromatic carbocycles. The zero-order valence-electron chi connectivity index (χ0n) is 12.9. The molecule has 1 aromatic rings. The zero-order valence-corrected chi connectivity index (χ0v) is 12.9. The van der Waals surface area contributed by atoms with E-state index in [2.05, 4.69) is 17.4 Å². The number of nitrogens with one attached hydrogen (secondary N) is 1. The lowest BCUT2D eigenvalue weighted by Gasteiger charge is -2.25. The van der Waals surface area contributed by atoms with Crippen molar-refractivity contribution >= 4 is 5.91 Å². The summed E-state index contributed by atoms with van der Waals surface area (Å²) < 4.78 is 5.14. The van der Waals surface area contributed by atoms with Crippen molar-refractivity contribution < 1.29 is 9.53 Å². The molecule has 21 heavy (non-hydrogen) atoms. The van der Waals surface area contributed by atoms with E-state index in [1.54, 1.807) is 7.11 Å². The minimum Gasteiger partial charge on any atom is -0.497 e. The molecule has 2 saturated carbocycles. The van der Waals surface area contributed by atoms with E-state index in [0.29, 0.717) is 5.41 Å². The fraction of sp³-hybridized carbons (Fsp3) is 0.611. The standard InChI is InChI=1S/C18H25NO2/c1-21-16-4-2-14(3-5-16)8-11-19-17(20)13-18-9-6-15(12-18)7-10-18/h2-5,15H,6-13H2,1H3,(H,19,20). The van der Waals surface area contributed by atoms with Gasteiger partial charge in [-0.15, -0.1) is 0 Å². The maximum Gasteiger partial charge on any atom is 0.220 e. The van der Waals surface area contributed by atoms with Gasteiger partial charge < -0.3 is 10.1 Å². The molecular formula is C18H25NO2. The van der Waals surface area contributed by atoms with Gasteiger partial charge in [0.15, 0.2) is 0 Å². The van der Waals surface area contributed by atoms with Gasteiger partial charge in [-0.25, -0.2) is 0 Å². The van der Waals surface area contributed by atoms with E-state index in [1.807, 2.05) is 12.1 Å². The summed E-state index contributed by atoms with van der Waals surface area (Å²) in [4.78, 5) is 12.1. The second-order valence-electron chi connectivity index (χ2n) is 6.77. The summed E-state index contributed by atoms with van der Waals surface area (Å²) in [5.74, 6) is 2.03. The Labute approximate surface area is 127 Å². The maximum atomic E-state index is 12.1. The van der Waals surface area contributed by atoms with Crippen LogP contribution in [-0.4, -0.2) is 19.6 Å². The van der Waals surface area contributed by atoms with Crippen molar-refractivity contribution in [3.05, 3.63) is 29.8 Å². The van der Waals surface area contributed by atoms with E-state index in [-0.39, 0.29) is 5.91 Å². The predicted octanol–water partition coefficient (Wildman–Crippen LogP) is 3.32. The smallest absolute Gasteiger partial charge is 0.220 e. The van der Waals surface area contributed by atoms with Crippen LogP contribution in [0.5, 0.6) is 5.75 Å². The summed E-state index contributed by atoms with van der Waals surface area (Å²) in [6.07, 6.45) is 8.14. The van der Waals surface area contributed by atoms with Crippen LogP contribution in [0.25, 0.3) is 0 Å². The monoisotopic (exact) mass is 287 g/mol. The molecule has 2 bridgehead atoms. The van der Waals surface area contributed by atoms with Gasteiger partial charge in [0.1, 0.15) is 5.75 Å². The second-order valence-corrected chi connectivity index (χ2v) is 6.77. The van der Waals surface area contributed by atoms with Crippen LogP contribution in [-0.2, 0) is 11.2 Å². The lowest BCUT2D eigenvalue weighted by atomic mass is 9.81. The molecule has 1 amide bonds. The molecule has 3 rings (SSSR count). The highest BCUT2D eigenvalue weighted by Crippen LogP contribution is 2.55. The van der Waals surface area contributed by atoms with Crippen LogP contribution in [0.1, 0.15) is 44.1 Å². The van der Waals surface area contributed by atoms with E-state index >= 15 is 0 Å². The van der Waals surface area contributed by atoms with Crippen LogP contribution in [0.4, 0.5) is 0 Å². The van der Waals surface area contributed by atoms with Crippen LogP contribution in [0.15, 0.2) is 24.3 Å². The molecule has 0 saturated heterocycles. The van der Waals surface area contributed by atoms with Gasteiger partial charge in [-0.05, 0) is 67.6 Å². The first-order valence-corrected chi connectivity index (χ1v) is 8.09. The van der Waals surface area contributed by atoms with E-state index in [0.717, 1.165) is 31.1 Å². The number of methoxy groups -OCH3 is 1. The molecule has 114 valence electrons. The first-order valence-electron chi connectivity index (χ1n) is 8.09. The second kappa shape index (κ2) is 6.08. The summed E-state index contributed by atoms with van der Waals surface area (Å²) in [7, 11) is 1.67. The van der Waals surface area contributed by atoms with Gasteiger partial charge in [0.05, 0.1) is 7.11 Å². The van der Waals surface area contributed by atoms with Gasteiger partial charge in [-0.3, -0.25) is 4.79 Å². The van der Waals surface area contributed by atoms with E-state index in [4.69, 9.17) is 4.74 Å². The van der Waals surface area contributed by atoms with Gasteiger partial charge in [-0.2, -0.15) is 0 Å². The maximum absolute atomic E-state index is 12.1. The van der Waals surface area contributed by atoms with Crippen LogP contribution in [0.2, 0.25) is 0 Å². The summed E-state index contributed by atoms with van der Waals surface area (Å²) in [6, 6.07) is 8.05. The van der Waals surface area contributed by atoms with Crippen molar-refractivity contribution in [2.75, 3.05) is 13.7 Å². The number of ether oxygens (including phenoxy) is 1. The Balaban J connectivity index is 1.41. The number of rotatable bonds is 6. The Morgan fingerprint density at radius 1 is 1.29 bits per heavy atom. The quantitative estimate of drug-likeness (QED) is 0.871. The summed E-state index contributed by atoms with van der Waals surface area (Å²) in [6.45, 7) is 0.727. The lowest BCUT2D eigenvalue weighted by Crippen LogP contribution is -2.31. The molecule has 3 nitrogen and oxygen atoms in total. The van der Waals surface area contributed by atoms with Crippen LogP contribution in [0.3, 0.4) is 0 Å². The average molecular weight is 287 g/mol. The van der Waals surface area contributed by atoms with Gasteiger partial charge in [0, 0.05) is 13.0 Å². The topological polar surface area (TPSA) is 38.3 Å². The Bertz CT molecular complexity index is 486. The molecular weight excluding hydrogens is 262 g/mol. The van der Waals surface area contributed by atoms with Crippen molar-refractivity contribution in [3.8, 4) is 5.75 Å². The number of hydrogen-bond donors (Lipinski definition) is 1. The SMILES string of the molecule is COc1ccc(CCNC(=O)CC23CCC(CC2)C3)cc1. The molecule has 0 aromatic heterocycles. The molecule has 0 heterocycles. The third kappa shape index (κ3) is 3.39. The highest BCUT2D eigenvalue weighted by Gasteiger charge is 2.45. The third-order valence-corrected chi connectivity index (χ3v) is 5.32.